The van der Waals surface area contributed by atoms with Crippen molar-refractivity contribution in [2.75, 3.05) is 13.7 Å². The van der Waals surface area contributed by atoms with Gasteiger partial charge in [0.15, 0.2) is 0 Å². The Balaban J connectivity index is 2.65. The minimum atomic E-state index is -0.213. The molecule has 4 nitrogen and oxygen atoms in total. The molecular weight excluding hydrogens is 218 g/mol. The third-order valence-corrected chi connectivity index (χ3v) is 2.52. The van der Waals surface area contributed by atoms with Crippen LogP contribution in [0.5, 0.6) is 5.75 Å². The number of hydrogen-bond donors (Lipinski definition) is 2. The van der Waals surface area contributed by atoms with Crippen LogP contribution in [0.25, 0.3) is 0 Å². The summed E-state index contributed by atoms with van der Waals surface area (Å²) in [5.74, 6) is 0.683. The zero-order chi connectivity index (χ0) is 12.8. The maximum Gasteiger partial charge on any atom is 0.224 e. The molecule has 0 spiro atoms. The predicted octanol–water partition coefficient (Wildman–Crippen LogP) is 1.04. The zero-order valence-electron chi connectivity index (χ0n) is 10.5. The highest BCUT2D eigenvalue weighted by molar-refractivity contribution is 5.79. The van der Waals surface area contributed by atoms with Gasteiger partial charge < -0.3 is 15.2 Å². The molecule has 1 amide bonds. The number of carbonyl (C=O) groups is 1. The first-order valence-corrected chi connectivity index (χ1v) is 5.60. The molecule has 17 heavy (non-hydrogen) atoms. The number of amides is 1. The molecule has 94 valence electrons. The molecule has 0 heterocycles. The van der Waals surface area contributed by atoms with Gasteiger partial charge >= 0.3 is 0 Å². The molecule has 0 radical (unpaired) electrons. The van der Waals surface area contributed by atoms with Gasteiger partial charge in [0.05, 0.1) is 20.1 Å². The second-order valence-electron chi connectivity index (χ2n) is 4.13. The third-order valence-electron chi connectivity index (χ3n) is 2.52. The highest BCUT2D eigenvalue weighted by Crippen LogP contribution is 2.19. The Hall–Kier alpha value is -1.55. The molecule has 0 saturated carbocycles. The molecule has 0 aliphatic heterocycles. The number of ether oxygens (including phenoxy) is 1. The smallest absolute Gasteiger partial charge is 0.224 e. The Morgan fingerprint density at radius 1 is 1.53 bits per heavy atom. The van der Waals surface area contributed by atoms with E-state index >= 15 is 0 Å². The number of aliphatic hydroxyl groups is 1. The van der Waals surface area contributed by atoms with Gasteiger partial charge in [-0.2, -0.15) is 0 Å². The van der Waals surface area contributed by atoms with Crippen LogP contribution in [0, 0.1) is 6.92 Å². The molecule has 1 aromatic carbocycles. The van der Waals surface area contributed by atoms with Gasteiger partial charge in [-0.05, 0) is 31.0 Å². The van der Waals surface area contributed by atoms with Crippen LogP contribution in [-0.4, -0.2) is 30.8 Å². The van der Waals surface area contributed by atoms with E-state index in [1.54, 1.807) is 14.0 Å². The molecule has 0 saturated heterocycles. The molecule has 1 aromatic rings. The fourth-order valence-corrected chi connectivity index (χ4v) is 1.53. The number of nitrogens with one attached hydrogen (secondary N) is 1. The van der Waals surface area contributed by atoms with Crippen molar-refractivity contribution in [1.82, 2.24) is 5.32 Å². The number of rotatable bonds is 5. The van der Waals surface area contributed by atoms with Crippen LogP contribution in [0.4, 0.5) is 0 Å². The Morgan fingerprint density at radius 2 is 2.24 bits per heavy atom. The fraction of sp³-hybridized carbons (Fsp3) is 0.462. The van der Waals surface area contributed by atoms with E-state index in [2.05, 4.69) is 5.32 Å². The molecule has 1 atom stereocenters. The number of benzene rings is 1. The van der Waals surface area contributed by atoms with E-state index in [0.717, 1.165) is 16.9 Å². The first kappa shape index (κ1) is 13.5. The summed E-state index contributed by atoms with van der Waals surface area (Å²) in [4.78, 5) is 11.6. The van der Waals surface area contributed by atoms with Crippen LogP contribution < -0.4 is 10.1 Å². The molecule has 2 N–H and O–H groups in total. The number of carbonyl (C=O) groups excluding carboxylic acids is 1. The maximum atomic E-state index is 11.6. The summed E-state index contributed by atoms with van der Waals surface area (Å²) < 4.78 is 5.20. The van der Waals surface area contributed by atoms with Crippen molar-refractivity contribution in [3.63, 3.8) is 0 Å². The minimum absolute atomic E-state index is 0.0526. The first-order valence-electron chi connectivity index (χ1n) is 5.60. The lowest BCUT2D eigenvalue weighted by molar-refractivity contribution is -0.121. The van der Waals surface area contributed by atoms with Crippen LogP contribution >= 0.6 is 0 Å². The van der Waals surface area contributed by atoms with E-state index < -0.39 is 0 Å². The van der Waals surface area contributed by atoms with Gasteiger partial charge in [0.2, 0.25) is 5.91 Å². The number of methoxy groups -OCH3 is 1. The Kier molecular flexibility index (Phi) is 4.97. The quantitative estimate of drug-likeness (QED) is 0.804. The summed E-state index contributed by atoms with van der Waals surface area (Å²) >= 11 is 0. The summed E-state index contributed by atoms with van der Waals surface area (Å²) in [7, 11) is 1.61. The summed E-state index contributed by atoms with van der Waals surface area (Å²) in [5, 5.41) is 11.5. The molecule has 0 fully saturated rings. The summed E-state index contributed by atoms with van der Waals surface area (Å²) in [6, 6.07) is 5.48. The summed E-state index contributed by atoms with van der Waals surface area (Å²) in [5.41, 5.74) is 1.94. The van der Waals surface area contributed by atoms with Crippen molar-refractivity contribution >= 4 is 5.91 Å². The SMILES string of the molecule is COc1cc(CC(=O)N[C@@H](C)CO)ccc1C. The number of aliphatic hydroxyl groups excluding tert-OH is 1. The van der Waals surface area contributed by atoms with E-state index in [0.29, 0.717) is 6.42 Å². The average Bonchev–Trinajstić information content (AvgIpc) is 2.31. The standard InChI is InChI=1S/C13H19NO3/c1-9-4-5-11(6-12(9)17-3)7-13(16)14-10(2)8-15/h4-6,10,15H,7-8H2,1-3H3,(H,14,16)/t10-/m0/s1. The van der Waals surface area contributed by atoms with Gasteiger partial charge in [-0.1, -0.05) is 12.1 Å². The highest BCUT2D eigenvalue weighted by Gasteiger charge is 2.08. The van der Waals surface area contributed by atoms with Crippen molar-refractivity contribution in [3.8, 4) is 5.75 Å². The molecule has 0 aliphatic rings. The van der Waals surface area contributed by atoms with E-state index in [9.17, 15) is 4.79 Å². The lowest BCUT2D eigenvalue weighted by atomic mass is 10.1. The second kappa shape index (κ2) is 6.25. The lowest BCUT2D eigenvalue weighted by Crippen LogP contribution is -2.35. The van der Waals surface area contributed by atoms with Crippen LogP contribution in [-0.2, 0) is 11.2 Å². The number of aryl methyl sites for hydroxylation is 1. The normalized spacial score (nSPS) is 12.0. The zero-order valence-corrected chi connectivity index (χ0v) is 10.5. The average molecular weight is 237 g/mol. The summed E-state index contributed by atoms with van der Waals surface area (Å²) in [6.07, 6.45) is 0.293. The third kappa shape index (κ3) is 4.07. The Labute approximate surface area is 102 Å². The van der Waals surface area contributed by atoms with E-state index in [-0.39, 0.29) is 18.6 Å². The van der Waals surface area contributed by atoms with Crippen molar-refractivity contribution in [2.45, 2.75) is 26.3 Å². The van der Waals surface area contributed by atoms with Crippen LogP contribution in [0.2, 0.25) is 0 Å². The van der Waals surface area contributed by atoms with Crippen molar-refractivity contribution in [1.29, 1.82) is 0 Å². The molecule has 1 rings (SSSR count). The van der Waals surface area contributed by atoms with Crippen molar-refractivity contribution in [3.05, 3.63) is 29.3 Å². The summed E-state index contributed by atoms with van der Waals surface area (Å²) in [6.45, 7) is 3.66. The van der Waals surface area contributed by atoms with E-state index in [1.165, 1.54) is 0 Å². The Morgan fingerprint density at radius 3 is 2.82 bits per heavy atom. The number of hydrogen-bond acceptors (Lipinski definition) is 3. The lowest BCUT2D eigenvalue weighted by Gasteiger charge is -2.11. The van der Waals surface area contributed by atoms with Gasteiger partial charge in [-0.3, -0.25) is 4.79 Å². The van der Waals surface area contributed by atoms with Gasteiger partial charge in [0.25, 0.3) is 0 Å². The van der Waals surface area contributed by atoms with Crippen molar-refractivity contribution < 1.29 is 14.6 Å². The molecule has 0 aromatic heterocycles. The van der Waals surface area contributed by atoms with E-state index in [1.807, 2.05) is 25.1 Å². The van der Waals surface area contributed by atoms with Crippen LogP contribution in [0.15, 0.2) is 18.2 Å². The van der Waals surface area contributed by atoms with Gasteiger partial charge in [0.1, 0.15) is 5.75 Å². The van der Waals surface area contributed by atoms with Gasteiger partial charge in [-0.25, -0.2) is 0 Å². The fourth-order valence-electron chi connectivity index (χ4n) is 1.53. The van der Waals surface area contributed by atoms with Gasteiger partial charge in [0, 0.05) is 6.04 Å². The monoisotopic (exact) mass is 237 g/mol. The topological polar surface area (TPSA) is 58.6 Å². The van der Waals surface area contributed by atoms with Crippen molar-refractivity contribution in [2.24, 2.45) is 0 Å². The molecule has 0 unspecified atom stereocenters. The van der Waals surface area contributed by atoms with E-state index in [4.69, 9.17) is 9.84 Å². The molecular formula is C13H19NO3. The Bertz CT molecular complexity index is 390. The largest absolute Gasteiger partial charge is 0.496 e. The molecule has 0 bridgehead atoms. The minimum Gasteiger partial charge on any atom is -0.496 e. The predicted molar refractivity (Wildman–Crippen MR) is 66.1 cm³/mol. The highest BCUT2D eigenvalue weighted by atomic mass is 16.5. The first-order chi connectivity index (χ1) is 8.06. The molecule has 0 aliphatic carbocycles. The second-order valence-corrected chi connectivity index (χ2v) is 4.13. The van der Waals surface area contributed by atoms with Crippen LogP contribution in [0.1, 0.15) is 18.1 Å². The maximum absolute atomic E-state index is 11.6. The van der Waals surface area contributed by atoms with Crippen LogP contribution in [0.3, 0.4) is 0 Å². The van der Waals surface area contributed by atoms with Gasteiger partial charge in [-0.15, -0.1) is 0 Å². The molecule has 4 heteroatoms.